The van der Waals surface area contributed by atoms with E-state index in [9.17, 15) is 0 Å². The van der Waals surface area contributed by atoms with Crippen LogP contribution in [-0.2, 0) is 12.0 Å². The first kappa shape index (κ1) is 11.3. The highest BCUT2D eigenvalue weighted by atomic mass is 16.5. The van der Waals surface area contributed by atoms with Gasteiger partial charge in [-0.2, -0.15) is 0 Å². The zero-order chi connectivity index (χ0) is 11.8. The number of benzene rings is 1. The first-order valence-electron chi connectivity index (χ1n) is 5.59. The number of rotatable bonds is 2. The smallest absolute Gasteiger partial charge is 0.161 e. The number of hydrogen-bond donors (Lipinski definition) is 1. The van der Waals surface area contributed by atoms with Crippen LogP contribution in [0.15, 0.2) is 12.1 Å². The van der Waals surface area contributed by atoms with E-state index in [-0.39, 0.29) is 5.54 Å². The zero-order valence-corrected chi connectivity index (χ0v) is 10.4. The molecule has 0 aliphatic carbocycles. The molecule has 0 radical (unpaired) electrons. The third kappa shape index (κ3) is 1.76. The van der Waals surface area contributed by atoms with Crippen molar-refractivity contribution in [3.8, 4) is 11.5 Å². The van der Waals surface area contributed by atoms with Crippen molar-refractivity contribution in [3.05, 3.63) is 23.3 Å². The average Bonchev–Trinajstić information content (AvgIpc) is 2.27. The molecule has 1 aliphatic rings. The van der Waals surface area contributed by atoms with Gasteiger partial charge in [-0.3, -0.25) is 0 Å². The number of ether oxygens (including phenoxy) is 2. The predicted octanol–water partition coefficient (Wildman–Crippen LogP) is 2.08. The fourth-order valence-corrected chi connectivity index (χ4v) is 2.31. The summed E-state index contributed by atoms with van der Waals surface area (Å²) < 4.78 is 10.7. The monoisotopic (exact) mass is 221 g/mol. The van der Waals surface area contributed by atoms with Gasteiger partial charge >= 0.3 is 0 Å². The van der Waals surface area contributed by atoms with Gasteiger partial charge in [0.1, 0.15) is 0 Å². The molecule has 16 heavy (non-hydrogen) atoms. The lowest BCUT2D eigenvalue weighted by molar-refractivity contribution is 0.343. The van der Waals surface area contributed by atoms with E-state index in [1.165, 1.54) is 11.1 Å². The number of fused-ring (bicyclic) bond motifs is 1. The Hall–Kier alpha value is -1.22. The molecule has 0 spiro atoms. The summed E-state index contributed by atoms with van der Waals surface area (Å²) >= 11 is 0. The first-order valence-corrected chi connectivity index (χ1v) is 5.59. The largest absolute Gasteiger partial charge is 0.493 e. The summed E-state index contributed by atoms with van der Waals surface area (Å²) in [6, 6.07) is 4.18. The van der Waals surface area contributed by atoms with Crippen LogP contribution < -0.4 is 14.8 Å². The molecule has 1 aromatic rings. The van der Waals surface area contributed by atoms with Gasteiger partial charge < -0.3 is 14.8 Å². The fourth-order valence-electron chi connectivity index (χ4n) is 2.31. The van der Waals surface area contributed by atoms with E-state index in [0.717, 1.165) is 24.5 Å². The van der Waals surface area contributed by atoms with Gasteiger partial charge in [-0.25, -0.2) is 0 Å². The maximum Gasteiger partial charge on any atom is 0.161 e. The van der Waals surface area contributed by atoms with E-state index < -0.39 is 0 Å². The Morgan fingerprint density at radius 2 is 1.75 bits per heavy atom. The van der Waals surface area contributed by atoms with Crippen LogP contribution in [0.3, 0.4) is 0 Å². The van der Waals surface area contributed by atoms with Crippen molar-refractivity contribution in [2.24, 2.45) is 0 Å². The predicted molar refractivity (Wildman–Crippen MR) is 64.3 cm³/mol. The van der Waals surface area contributed by atoms with Crippen LogP contribution in [0.25, 0.3) is 0 Å². The highest BCUT2D eigenvalue weighted by molar-refractivity contribution is 5.50. The molecular formula is C13H19NO2. The molecule has 0 saturated heterocycles. The van der Waals surface area contributed by atoms with Crippen molar-refractivity contribution in [1.82, 2.24) is 5.32 Å². The minimum Gasteiger partial charge on any atom is -0.493 e. The second-order valence-electron chi connectivity index (χ2n) is 4.67. The summed E-state index contributed by atoms with van der Waals surface area (Å²) in [5.41, 5.74) is 2.66. The maximum atomic E-state index is 5.34. The molecule has 0 amide bonds. The lowest BCUT2D eigenvalue weighted by atomic mass is 9.85. The molecule has 1 N–H and O–H groups in total. The Morgan fingerprint density at radius 1 is 1.12 bits per heavy atom. The Labute approximate surface area is 96.8 Å². The Kier molecular flexibility index (Phi) is 2.80. The minimum atomic E-state index is 0.00708. The summed E-state index contributed by atoms with van der Waals surface area (Å²) in [6.45, 7) is 5.39. The van der Waals surface area contributed by atoms with Crippen LogP contribution in [0, 0.1) is 0 Å². The molecule has 0 saturated carbocycles. The van der Waals surface area contributed by atoms with Gasteiger partial charge in [-0.05, 0) is 50.1 Å². The second kappa shape index (κ2) is 3.98. The molecular weight excluding hydrogens is 202 g/mol. The van der Waals surface area contributed by atoms with Crippen LogP contribution >= 0.6 is 0 Å². The molecule has 2 rings (SSSR count). The van der Waals surface area contributed by atoms with E-state index in [1.54, 1.807) is 14.2 Å². The summed E-state index contributed by atoms with van der Waals surface area (Å²) in [4.78, 5) is 0. The summed E-state index contributed by atoms with van der Waals surface area (Å²) in [7, 11) is 3.35. The van der Waals surface area contributed by atoms with Crippen LogP contribution in [0.2, 0.25) is 0 Å². The van der Waals surface area contributed by atoms with Crippen molar-refractivity contribution < 1.29 is 9.47 Å². The lowest BCUT2D eigenvalue weighted by Gasteiger charge is -2.34. The molecule has 3 heteroatoms. The quantitative estimate of drug-likeness (QED) is 0.829. The Morgan fingerprint density at radius 3 is 2.38 bits per heavy atom. The molecule has 0 bridgehead atoms. The highest BCUT2D eigenvalue weighted by Crippen LogP contribution is 2.37. The molecule has 3 nitrogen and oxygen atoms in total. The summed E-state index contributed by atoms with van der Waals surface area (Å²) in [5.74, 6) is 1.62. The van der Waals surface area contributed by atoms with E-state index >= 15 is 0 Å². The molecule has 1 heterocycles. The van der Waals surface area contributed by atoms with Gasteiger partial charge in [0.15, 0.2) is 11.5 Å². The van der Waals surface area contributed by atoms with Crippen molar-refractivity contribution in [2.75, 3.05) is 20.8 Å². The Bertz CT molecular complexity index is 399. The van der Waals surface area contributed by atoms with Gasteiger partial charge in [0, 0.05) is 5.54 Å². The van der Waals surface area contributed by atoms with Gasteiger partial charge in [-0.1, -0.05) is 0 Å². The number of hydrogen-bond acceptors (Lipinski definition) is 3. The third-order valence-electron chi connectivity index (χ3n) is 3.24. The van der Waals surface area contributed by atoms with Gasteiger partial charge in [-0.15, -0.1) is 0 Å². The van der Waals surface area contributed by atoms with Crippen molar-refractivity contribution in [2.45, 2.75) is 25.8 Å². The highest BCUT2D eigenvalue weighted by Gasteiger charge is 2.28. The normalized spacial score (nSPS) is 17.8. The standard InChI is InChI=1S/C13H19NO2/c1-13(2)10-8-12(16-4)11(15-3)7-9(10)5-6-14-13/h7-8,14H,5-6H2,1-4H3. The molecule has 88 valence electrons. The summed E-state index contributed by atoms with van der Waals surface area (Å²) in [6.07, 6.45) is 1.04. The van der Waals surface area contributed by atoms with E-state index in [2.05, 4.69) is 31.3 Å². The van der Waals surface area contributed by atoms with Crippen molar-refractivity contribution >= 4 is 0 Å². The van der Waals surface area contributed by atoms with E-state index in [1.807, 2.05) is 0 Å². The van der Waals surface area contributed by atoms with Crippen LogP contribution in [0.5, 0.6) is 11.5 Å². The zero-order valence-electron chi connectivity index (χ0n) is 10.4. The first-order chi connectivity index (χ1) is 7.58. The Balaban J connectivity index is 2.55. The molecule has 1 aliphatic heterocycles. The van der Waals surface area contributed by atoms with Crippen LogP contribution in [-0.4, -0.2) is 20.8 Å². The SMILES string of the molecule is COc1cc2c(cc1OC)C(C)(C)NCC2. The van der Waals surface area contributed by atoms with Gasteiger partial charge in [0.25, 0.3) is 0 Å². The average molecular weight is 221 g/mol. The van der Waals surface area contributed by atoms with Gasteiger partial charge in [0.2, 0.25) is 0 Å². The second-order valence-corrected chi connectivity index (χ2v) is 4.67. The van der Waals surface area contributed by atoms with E-state index in [4.69, 9.17) is 9.47 Å². The number of methoxy groups -OCH3 is 2. The molecule has 0 aromatic heterocycles. The summed E-state index contributed by atoms with van der Waals surface area (Å²) in [5, 5.41) is 3.51. The molecule has 0 atom stereocenters. The maximum absolute atomic E-state index is 5.34. The van der Waals surface area contributed by atoms with Crippen molar-refractivity contribution in [3.63, 3.8) is 0 Å². The van der Waals surface area contributed by atoms with Crippen molar-refractivity contribution in [1.29, 1.82) is 0 Å². The molecule has 0 fully saturated rings. The topological polar surface area (TPSA) is 30.5 Å². The van der Waals surface area contributed by atoms with E-state index in [0.29, 0.717) is 0 Å². The molecule has 1 aromatic carbocycles. The minimum absolute atomic E-state index is 0.00708. The van der Waals surface area contributed by atoms with Crippen LogP contribution in [0.4, 0.5) is 0 Å². The number of nitrogens with one attached hydrogen (secondary N) is 1. The van der Waals surface area contributed by atoms with Crippen LogP contribution in [0.1, 0.15) is 25.0 Å². The van der Waals surface area contributed by atoms with Gasteiger partial charge in [0.05, 0.1) is 14.2 Å². The fraction of sp³-hybridized carbons (Fsp3) is 0.538. The molecule has 0 unspecified atom stereocenters. The lowest BCUT2D eigenvalue weighted by Crippen LogP contribution is -2.42. The third-order valence-corrected chi connectivity index (χ3v) is 3.24.